The molecule has 1 spiro atoms. The van der Waals surface area contributed by atoms with Crippen LogP contribution >= 0.6 is 0 Å². The third kappa shape index (κ3) is 5.51. The molecule has 3 rings (SSSR count). The van der Waals surface area contributed by atoms with Crippen molar-refractivity contribution in [1.82, 2.24) is 9.80 Å². The lowest BCUT2D eigenvalue weighted by molar-refractivity contribution is -0.385. The summed E-state index contributed by atoms with van der Waals surface area (Å²) in [7, 11) is -2.59. The van der Waals surface area contributed by atoms with Crippen LogP contribution in [0.15, 0.2) is 23.2 Å². The number of likely N-dealkylation sites (tertiary alicyclic amines) is 1. The number of benzene rings is 1. The first-order valence-corrected chi connectivity index (χ1v) is 13.5. The van der Waals surface area contributed by atoms with E-state index in [2.05, 4.69) is 4.99 Å². The van der Waals surface area contributed by atoms with Crippen LogP contribution in [-0.4, -0.2) is 83.0 Å². The molecule has 1 aromatic carbocycles. The molecule has 12 nitrogen and oxygen atoms in total. The molecule has 2 heterocycles. The van der Waals surface area contributed by atoms with Crippen molar-refractivity contribution in [3.05, 3.63) is 39.7 Å². The van der Waals surface area contributed by atoms with E-state index in [9.17, 15) is 28.1 Å². The highest BCUT2D eigenvalue weighted by Crippen LogP contribution is 2.44. The van der Waals surface area contributed by atoms with Gasteiger partial charge in [-0.3, -0.25) is 15.1 Å². The summed E-state index contributed by atoms with van der Waals surface area (Å²) in [5.74, 6) is -2.13. The minimum Gasteiger partial charge on any atom is -0.443 e. The Morgan fingerprint density at radius 3 is 2.03 bits per heavy atom. The van der Waals surface area contributed by atoms with Gasteiger partial charge in [-0.2, -0.15) is 4.90 Å². The lowest BCUT2D eigenvalue weighted by Gasteiger charge is -2.53. The number of sulfone groups is 1. The third-order valence-corrected chi connectivity index (χ3v) is 8.56. The molecule has 0 bridgehead atoms. The molecule has 2 aliphatic rings. The summed E-state index contributed by atoms with van der Waals surface area (Å²) in [4.78, 5) is 44.1. The zero-order valence-electron chi connectivity index (χ0n) is 22.7. The average molecular weight is 557 g/mol. The molecule has 210 valence electrons. The van der Waals surface area contributed by atoms with Gasteiger partial charge in [0.15, 0.2) is 14.6 Å². The molecule has 0 unspecified atom stereocenters. The number of ether oxygens (including phenoxy) is 2. The van der Waals surface area contributed by atoms with Gasteiger partial charge in [0.1, 0.15) is 28.4 Å². The number of halogens is 1. The summed E-state index contributed by atoms with van der Waals surface area (Å²) < 4.78 is 51.9. The van der Waals surface area contributed by atoms with E-state index in [1.165, 1.54) is 6.92 Å². The van der Waals surface area contributed by atoms with Crippen LogP contribution in [0.3, 0.4) is 0 Å². The topological polar surface area (TPSA) is 149 Å². The zero-order chi connectivity index (χ0) is 29.1. The number of amidine groups is 1. The van der Waals surface area contributed by atoms with Crippen molar-refractivity contribution in [2.75, 3.05) is 25.9 Å². The van der Waals surface area contributed by atoms with E-state index in [1.54, 1.807) is 53.5 Å². The predicted molar refractivity (Wildman–Crippen MR) is 136 cm³/mol. The van der Waals surface area contributed by atoms with Crippen molar-refractivity contribution in [2.45, 2.75) is 70.0 Å². The molecule has 1 fully saturated rings. The average Bonchev–Trinajstić information content (AvgIpc) is 2.66. The van der Waals surface area contributed by atoms with E-state index in [-0.39, 0.29) is 18.7 Å². The van der Waals surface area contributed by atoms with E-state index in [4.69, 9.17) is 9.47 Å². The Bertz CT molecular complexity index is 1280. The quantitative estimate of drug-likeness (QED) is 0.393. The van der Waals surface area contributed by atoms with Crippen LogP contribution in [0.25, 0.3) is 0 Å². The number of nitro benzene ring substituents is 1. The Morgan fingerprint density at radius 2 is 1.61 bits per heavy atom. The number of carbonyl (C=O) groups is 2. The first kappa shape index (κ1) is 29.4. The molecule has 2 amide bonds. The van der Waals surface area contributed by atoms with Gasteiger partial charge in [-0.1, -0.05) is 0 Å². The van der Waals surface area contributed by atoms with Crippen LogP contribution in [0.1, 0.15) is 54.0 Å². The second-order valence-electron chi connectivity index (χ2n) is 11.9. The molecule has 1 atom stereocenters. The Balaban J connectivity index is 2.33. The molecular formula is C24H33FN4O8S. The molecule has 0 aliphatic carbocycles. The minimum absolute atomic E-state index is 0.107. The van der Waals surface area contributed by atoms with Gasteiger partial charge >= 0.3 is 12.2 Å². The zero-order valence-corrected chi connectivity index (χ0v) is 23.5. The van der Waals surface area contributed by atoms with Gasteiger partial charge in [-0.05, 0) is 61.6 Å². The number of carbonyl (C=O) groups excluding carboxylic acids is 2. The maximum absolute atomic E-state index is 15.1. The van der Waals surface area contributed by atoms with Gasteiger partial charge in [0.05, 0.1) is 10.7 Å². The van der Waals surface area contributed by atoms with Crippen LogP contribution in [0.4, 0.5) is 19.7 Å². The largest absolute Gasteiger partial charge is 0.443 e. The molecule has 1 saturated heterocycles. The predicted octanol–water partition coefficient (Wildman–Crippen LogP) is 3.63. The first-order chi connectivity index (χ1) is 17.1. The second-order valence-corrected chi connectivity index (χ2v) is 14.2. The number of rotatable bonds is 2. The number of aliphatic imine (C=N–C) groups is 1. The Kier molecular flexibility index (Phi) is 7.17. The fraction of sp³-hybridized carbons (Fsp3) is 0.625. The van der Waals surface area contributed by atoms with Crippen molar-refractivity contribution >= 4 is 33.5 Å². The summed E-state index contributed by atoms with van der Waals surface area (Å²) in [5.41, 5.74) is -4.93. The standard InChI is InChI=1S/C24H33FN4O8S/c1-21(2,3)36-19(30)28(20(31)37-22(4,5)6)18-24(12-27(8)13-24)38(34,35)14-23(7,26-18)16-11-15(29(32)33)9-10-17(16)25/h9-11H,12-14H2,1-8H3/t23-/m0/s1. The number of nitro groups is 1. The molecule has 0 aromatic heterocycles. The summed E-state index contributed by atoms with van der Waals surface area (Å²) in [6.07, 6.45) is -2.45. The summed E-state index contributed by atoms with van der Waals surface area (Å²) in [5, 5.41) is 11.4. The van der Waals surface area contributed by atoms with Crippen LogP contribution in [0, 0.1) is 15.9 Å². The van der Waals surface area contributed by atoms with Gasteiger partial charge in [0.25, 0.3) is 5.69 Å². The maximum atomic E-state index is 15.1. The fourth-order valence-electron chi connectivity index (χ4n) is 4.47. The smallest absolute Gasteiger partial charge is 0.425 e. The van der Waals surface area contributed by atoms with Gasteiger partial charge in [0, 0.05) is 30.8 Å². The highest BCUT2D eigenvalue weighted by atomic mass is 32.2. The SMILES string of the molecule is CN1CC2(C1)C(N(C(=O)OC(C)(C)C)C(=O)OC(C)(C)C)=N[C@](C)(c1cc([N+](=O)[O-])ccc1F)CS2(=O)=O. The van der Waals surface area contributed by atoms with Crippen molar-refractivity contribution in [3.8, 4) is 0 Å². The fourth-order valence-corrected chi connectivity index (χ4v) is 6.96. The molecule has 2 aliphatic heterocycles. The van der Waals surface area contributed by atoms with Crippen LogP contribution in [0.5, 0.6) is 0 Å². The number of nitrogens with zero attached hydrogens (tertiary/aromatic N) is 4. The van der Waals surface area contributed by atoms with Crippen LogP contribution in [-0.2, 0) is 24.8 Å². The summed E-state index contributed by atoms with van der Waals surface area (Å²) >= 11 is 0. The normalized spacial score (nSPS) is 22.7. The third-order valence-electron chi connectivity index (χ3n) is 5.98. The lowest BCUT2D eigenvalue weighted by atomic mass is 9.90. The molecular weight excluding hydrogens is 523 g/mol. The van der Waals surface area contributed by atoms with E-state index >= 15 is 4.39 Å². The van der Waals surface area contributed by atoms with Gasteiger partial charge in [-0.25, -0.2) is 22.4 Å². The first-order valence-electron chi connectivity index (χ1n) is 11.8. The maximum Gasteiger partial charge on any atom is 0.425 e. The van der Waals surface area contributed by atoms with Gasteiger partial charge in [-0.15, -0.1) is 0 Å². The molecule has 14 heteroatoms. The van der Waals surface area contributed by atoms with Crippen molar-refractivity contribution < 1.29 is 36.8 Å². The van der Waals surface area contributed by atoms with Gasteiger partial charge in [0.2, 0.25) is 0 Å². The Hall–Kier alpha value is -3.13. The van der Waals surface area contributed by atoms with E-state index in [1.807, 2.05) is 0 Å². The number of non-ortho nitro benzene ring substituents is 1. The van der Waals surface area contributed by atoms with E-state index in [0.717, 1.165) is 18.2 Å². The number of amides is 2. The molecule has 0 radical (unpaired) electrons. The molecule has 1 aromatic rings. The lowest BCUT2D eigenvalue weighted by Crippen LogP contribution is -2.75. The highest BCUT2D eigenvalue weighted by molar-refractivity contribution is 7.93. The van der Waals surface area contributed by atoms with Crippen molar-refractivity contribution in [2.24, 2.45) is 4.99 Å². The molecule has 38 heavy (non-hydrogen) atoms. The monoisotopic (exact) mass is 556 g/mol. The van der Waals surface area contributed by atoms with Crippen molar-refractivity contribution in [1.29, 1.82) is 0 Å². The number of hydrogen-bond acceptors (Lipinski definition) is 10. The Morgan fingerprint density at radius 1 is 1.11 bits per heavy atom. The number of hydrogen-bond donors (Lipinski definition) is 0. The Labute approximate surface area is 220 Å². The van der Waals surface area contributed by atoms with E-state index < -0.39 is 71.5 Å². The summed E-state index contributed by atoms with van der Waals surface area (Å²) in [6.45, 7) is 10.4. The van der Waals surface area contributed by atoms with Gasteiger partial charge < -0.3 is 14.4 Å². The minimum atomic E-state index is -4.24. The van der Waals surface area contributed by atoms with Crippen LogP contribution in [0.2, 0.25) is 0 Å². The second kappa shape index (κ2) is 9.26. The van der Waals surface area contributed by atoms with E-state index in [0.29, 0.717) is 4.90 Å². The summed E-state index contributed by atoms with van der Waals surface area (Å²) in [6, 6.07) is 2.70. The molecule has 0 N–H and O–H groups in total. The number of imide groups is 1. The van der Waals surface area contributed by atoms with Crippen LogP contribution < -0.4 is 0 Å². The molecule has 0 saturated carbocycles. The highest BCUT2D eigenvalue weighted by Gasteiger charge is 2.64. The van der Waals surface area contributed by atoms with Crippen molar-refractivity contribution in [3.63, 3.8) is 0 Å².